The predicted molar refractivity (Wildman–Crippen MR) is 77.6 cm³/mol. The lowest BCUT2D eigenvalue weighted by atomic mass is 10.0. The molecule has 1 fully saturated rings. The van der Waals surface area contributed by atoms with Crippen LogP contribution in [0.4, 0.5) is 5.69 Å². The van der Waals surface area contributed by atoms with Gasteiger partial charge in [0.2, 0.25) is 0 Å². The molecule has 1 aliphatic heterocycles. The number of rotatable bonds is 5. The van der Waals surface area contributed by atoms with E-state index in [9.17, 15) is 0 Å². The first kappa shape index (κ1) is 14.3. The summed E-state index contributed by atoms with van der Waals surface area (Å²) in [5.74, 6) is 0.657. The van der Waals surface area contributed by atoms with Crippen molar-refractivity contribution >= 4 is 5.69 Å². The highest BCUT2D eigenvalue weighted by atomic mass is 16.5. The van der Waals surface area contributed by atoms with Crippen LogP contribution < -0.4 is 10.2 Å². The average molecular weight is 266 g/mol. The molecule has 0 aliphatic carbocycles. The van der Waals surface area contributed by atoms with Crippen LogP contribution in [0.15, 0.2) is 12.4 Å². The van der Waals surface area contributed by atoms with Gasteiger partial charge >= 0.3 is 0 Å². The van der Waals surface area contributed by atoms with Crippen LogP contribution in [0, 0.1) is 5.92 Å². The number of hydrogen-bond acceptors (Lipinski definition) is 4. The van der Waals surface area contributed by atoms with Gasteiger partial charge in [-0.2, -0.15) is 5.10 Å². The van der Waals surface area contributed by atoms with Gasteiger partial charge in [0.1, 0.15) is 0 Å². The van der Waals surface area contributed by atoms with E-state index in [4.69, 9.17) is 4.74 Å². The van der Waals surface area contributed by atoms with Crippen LogP contribution in [-0.4, -0.2) is 49.2 Å². The topological polar surface area (TPSA) is 42.3 Å². The van der Waals surface area contributed by atoms with Crippen molar-refractivity contribution in [2.75, 3.05) is 38.3 Å². The zero-order valence-electron chi connectivity index (χ0n) is 12.3. The molecular weight excluding hydrogens is 240 g/mol. The molecule has 5 heteroatoms. The SMILES string of the molecule is COCCn1cc(N2CCCNC(C(C)C)C2)cn1. The molecule has 0 spiro atoms. The van der Waals surface area contributed by atoms with E-state index in [2.05, 4.69) is 35.4 Å². The van der Waals surface area contributed by atoms with Crippen LogP contribution in [0.3, 0.4) is 0 Å². The third-order valence-corrected chi connectivity index (χ3v) is 3.74. The maximum Gasteiger partial charge on any atom is 0.0753 e. The number of hydrogen-bond donors (Lipinski definition) is 1. The third-order valence-electron chi connectivity index (χ3n) is 3.74. The van der Waals surface area contributed by atoms with Gasteiger partial charge in [0.05, 0.1) is 25.0 Å². The van der Waals surface area contributed by atoms with Crippen molar-refractivity contribution in [1.29, 1.82) is 0 Å². The van der Waals surface area contributed by atoms with Crippen LogP contribution in [0.25, 0.3) is 0 Å². The van der Waals surface area contributed by atoms with E-state index in [1.807, 2.05) is 10.9 Å². The molecule has 0 aromatic carbocycles. The molecule has 1 saturated heterocycles. The minimum absolute atomic E-state index is 0.560. The fourth-order valence-corrected chi connectivity index (χ4v) is 2.45. The summed E-state index contributed by atoms with van der Waals surface area (Å²) in [5, 5.41) is 8.04. The fraction of sp³-hybridized carbons (Fsp3) is 0.786. The lowest BCUT2D eigenvalue weighted by Gasteiger charge is -2.27. The van der Waals surface area contributed by atoms with Crippen molar-refractivity contribution in [1.82, 2.24) is 15.1 Å². The molecule has 0 saturated carbocycles. The van der Waals surface area contributed by atoms with Gasteiger partial charge < -0.3 is 15.0 Å². The standard InChI is InChI=1S/C14H26N4O/c1-12(2)14-11-17(6-4-5-15-14)13-9-16-18(10-13)7-8-19-3/h9-10,12,14-15H,4-8,11H2,1-3H3. The Kier molecular flexibility index (Phi) is 5.22. The highest BCUT2D eigenvalue weighted by Gasteiger charge is 2.21. The van der Waals surface area contributed by atoms with Gasteiger partial charge in [0.15, 0.2) is 0 Å². The summed E-state index contributed by atoms with van der Waals surface area (Å²) >= 11 is 0. The van der Waals surface area contributed by atoms with E-state index < -0.39 is 0 Å². The van der Waals surface area contributed by atoms with Crippen molar-refractivity contribution in [3.8, 4) is 0 Å². The molecule has 0 radical (unpaired) electrons. The Labute approximate surface area is 115 Å². The Morgan fingerprint density at radius 2 is 2.37 bits per heavy atom. The maximum atomic E-state index is 5.08. The number of aromatic nitrogens is 2. The summed E-state index contributed by atoms with van der Waals surface area (Å²) in [7, 11) is 1.72. The second kappa shape index (κ2) is 6.91. The van der Waals surface area contributed by atoms with Gasteiger partial charge in [-0.3, -0.25) is 4.68 Å². The van der Waals surface area contributed by atoms with E-state index in [-0.39, 0.29) is 0 Å². The van der Waals surface area contributed by atoms with Crippen LogP contribution in [-0.2, 0) is 11.3 Å². The van der Waals surface area contributed by atoms with E-state index in [0.717, 1.165) is 26.2 Å². The predicted octanol–water partition coefficient (Wildman–Crippen LogP) is 1.35. The first-order chi connectivity index (χ1) is 9.20. The van der Waals surface area contributed by atoms with Crippen molar-refractivity contribution < 1.29 is 4.74 Å². The molecule has 2 heterocycles. The van der Waals surface area contributed by atoms with E-state index in [1.165, 1.54) is 12.1 Å². The van der Waals surface area contributed by atoms with Gasteiger partial charge in [-0.1, -0.05) is 13.8 Å². The van der Waals surface area contributed by atoms with E-state index in [1.54, 1.807) is 7.11 Å². The van der Waals surface area contributed by atoms with Crippen molar-refractivity contribution in [2.45, 2.75) is 32.9 Å². The molecular formula is C14H26N4O. The van der Waals surface area contributed by atoms with Crippen molar-refractivity contribution in [3.63, 3.8) is 0 Å². The van der Waals surface area contributed by atoms with Gasteiger partial charge in [-0.15, -0.1) is 0 Å². The summed E-state index contributed by atoms with van der Waals surface area (Å²) in [6.07, 6.45) is 5.28. The quantitative estimate of drug-likeness (QED) is 0.873. The van der Waals surface area contributed by atoms with Gasteiger partial charge in [0, 0.05) is 32.4 Å². The Morgan fingerprint density at radius 1 is 1.53 bits per heavy atom. The highest BCUT2D eigenvalue weighted by molar-refractivity contribution is 5.42. The second-order valence-electron chi connectivity index (χ2n) is 5.56. The monoisotopic (exact) mass is 266 g/mol. The summed E-state index contributed by atoms with van der Waals surface area (Å²) < 4.78 is 7.04. The average Bonchev–Trinajstić information content (AvgIpc) is 2.72. The number of ether oxygens (including phenoxy) is 1. The van der Waals surface area contributed by atoms with Crippen LogP contribution in [0.5, 0.6) is 0 Å². The molecule has 1 unspecified atom stereocenters. The summed E-state index contributed by atoms with van der Waals surface area (Å²) in [6, 6.07) is 0.560. The first-order valence-electron chi connectivity index (χ1n) is 7.20. The summed E-state index contributed by atoms with van der Waals surface area (Å²) in [4.78, 5) is 2.45. The third kappa shape index (κ3) is 3.94. The zero-order valence-corrected chi connectivity index (χ0v) is 12.3. The molecule has 1 atom stereocenters. The fourth-order valence-electron chi connectivity index (χ4n) is 2.45. The Morgan fingerprint density at radius 3 is 3.11 bits per heavy atom. The minimum atomic E-state index is 0.560. The number of anilines is 1. The van der Waals surface area contributed by atoms with Crippen LogP contribution >= 0.6 is 0 Å². The van der Waals surface area contributed by atoms with Gasteiger partial charge in [-0.05, 0) is 18.9 Å². The van der Waals surface area contributed by atoms with Gasteiger partial charge in [-0.25, -0.2) is 0 Å². The van der Waals surface area contributed by atoms with Gasteiger partial charge in [0.25, 0.3) is 0 Å². The Balaban J connectivity index is 2.00. The second-order valence-corrected chi connectivity index (χ2v) is 5.56. The minimum Gasteiger partial charge on any atom is -0.383 e. The molecule has 1 aromatic heterocycles. The van der Waals surface area contributed by atoms with Crippen LogP contribution in [0.1, 0.15) is 20.3 Å². The lowest BCUT2D eigenvalue weighted by Crippen LogP contribution is -2.41. The van der Waals surface area contributed by atoms with Crippen molar-refractivity contribution in [3.05, 3.63) is 12.4 Å². The van der Waals surface area contributed by atoms with E-state index >= 15 is 0 Å². The van der Waals surface area contributed by atoms with E-state index in [0.29, 0.717) is 18.6 Å². The summed E-state index contributed by atoms with van der Waals surface area (Å²) in [6.45, 7) is 9.36. The van der Waals surface area contributed by atoms with Crippen molar-refractivity contribution in [2.24, 2.45) is 5.92 Å². The highest BCUT2D eigenvalue weighted by Crippen LogP contribution is 2.17. The molecule has 19 heavy (non-hydrogen) atoms. The normalized spacial score (nSPS) is 20.8. The number of nitrogens with zero attached hydrogens (tertiary/aromatic N) is 3. The molecule has 2 rings (SSSR count). The largest absolute Gasteiger partial charge is 0.383 e. The first-order valence-corrected chi connectivity index (χ1v) is 7.20. The zero-order chi connectivity index (χ0) is 13.7. The Hall–Kier alpha value is -1.07. The number of methoxy groups -OCH3 is 1. The smallest absolute Gasteiger partial charge is 0.0753 e. The molecule has 0 bridgehead atoms. The lowest BCUT2D eigenvalue weighted by molar-refractivity contribution is 0.183. The molecule has 1 N–H and O–H groups in total. The Bertz CT molecular complexity index is 377. The number of nitrogens with one attached hydrogen (secondary N) is 1. The molecule has 5 nitrogen and oxygen atoms in total. The molecule has 1 aliphatic rings. The molecule has 0 amide bonds. The van der Waals surface area contributed by atoms with Crippen LogP contribution in [0.2, 0.25) is 0 Å². The molecule has 108 valence electrons. The summed E-state index contributed by atoms with van der Waals surface area (Å²) in [5.41, 5.74) is 1.23. The molecule has 1 aromatic rings. The maximum absolute atomic E-state index is 5.08.